The Labute approximate surface area is 138 Å². The fraction of sp³-hybridized carbons (Fsp3) is 0.222. The largest absolute Gasteiger partial charge is 0.452 e. The first-order chi connectivity index (χ1) is 11.4. The minimum Gasteiger partial charge on any atom is -0.452 e. The number of esters is 1. The Morgan fingerprint density at radius 3 is 2.50 bits per heavy atom. The van der Waals surface area contributed by atoms with Gasteiger partial charge in [-0.1, -0.05) is 23.8 Å². The van der Waals surface area contributed by atoms with Crippen LogP contribution in [0, 0.1) is 25.5 Å². The summed E-state index contributed by atoms with van der Waals surface area (Å²) < 4.78 is 31.2. The van der Waals surface area contributed by atoms with Crippen LogP contribution in [0.25, 0.3) is 0 Å². The number of amides is 1. The van der Waals surface area contributed by atoms with Crippen LogP contribution in [0.2, 0.25) is 0 Å². The lowest BCUT2D eigenvalue weighted by Crippen LogP contribution is -2.28. The number of benzene rings is 2. The van der Waals surface area contributed by atoms with Crippen molar-refractivity contribution < 1.29 is 23.1 Å². The summed E-state index contributed by atoms with van der Waals surface area (Å²) in [6.07, 6.45) is 0. The molecule has 0 aliphatic heterocycles. The molecule has 0 unspecified atom stereocenters. The number of halogens is 2. The van der Waals surface area contributed by atoms with Gasteiger partial charge in [0.05, 0.1) is 5.56 Å². The molecule has 0 heterocycles. The van der Waals surface area contributed by atoms with Gasteiger partial charge in [0.25, 0.3) is 5.91 Å². The second-order valence-electron chi connectivity index (χ2n) is 5.41. The van der Waals surface area contributed by atoms with E-state index in [1.807, 2.05) is 13.0 Å². The number of aryl methyl sites for hydroxylation is 2. The summed E-state index contributed by atoms with van der Waals surface area (Å²) in [5.41, 5.74) is 2.31. The van der Waals surface area contributed by atoms with Crippen molar-refractivity contribution in [3.63, 3.8) is 0 Å². The second-order valence-corrected chi connectivity index (χ2v) is 5.41. The zero-order chi connectivity index (χ0) is 17.7. The van der Waals surface area contributed by atoms with Gasteiger partial charge in [-0.2, -0.15) is 0 Å². The fourth-order valence-electron chi connectivity index (χ4n) is 2.16. The predicted octanol–water partition coefficient (Wildman–Crippen LogP) is 3.05. The van der Waals surface area contributed by atoms with Crippen molar-refractivity contribution in [3.05, 3.63) is 70.3 Å². The van der Waals surface area contributed by atoms with E-state index in [9.17, 15) is 18.4 Å². The second kappa shape index (κ2) is 7.68. The average Bonchev–Trinajstić information content (AvgIpc) is 2.51. The van der Waals surface area contributed by atoms with Crippen LogP contribution in [0.1, 0.15) is 27.0 Å². The number of hydrogen-bond donors (Lipinski definition) is 1. The van der Waals surface area contributed by atoms with Gasteiger partial charge in [0.15, 0.2) is 6.61 Å². The van der Waals surface area contributed by atoms with E-state index in [0.29, 0.717) is 5.56 Å². The average molecular weight is 333 g/mol. The Hall–Kier alpha value is -2.76. The number of hydrogen-bond acceptors (Lipinski definition) is 3. The number of nitrogens with one attached hydrogen (secondary N) is 1. The van der Waals surface area contributed by atoms with Crippen molar-refractivity contribution in [1.29, 1.82) is 0 Å². The van der Waals surface area contributed by atoms with Gasteiger partial charge >= 0.3 is 5.97 Å². The molecular formula is C18H17F2NO3. The number of carbonyl (C=O) groups is 2. The number of carbonyl (C=O) groups excluding carboxylic acids is 2. The minimum atomic E-state index is -0.748. The Morgan fingerprint density at radius 2 is 1.83 bits per heavy atom. The topological polar surface area (TPSA) is 55.4 Å². The molecule has 0 fully saturated rings. The lowest BCUT2D eigenvalue weighted by molar-refractivity contribution is -0.124. The van der Waals surface area contributed by atoms with Crippen molar-refractivity contribution in [2.24, 2.45) is 0 Å². The summed E-state index contributed by atoms with van der Waals surface area (Å²) in [6, 6.07) is 8.34. The van der Waals surface area contributed by atoms with Gasteiger partial charge in [0, 0.05) is 18.2 Å². The van der Waals surface area contributed by atoms with E-state index in [2.05, 4.69) is 5.32 Å². The molecule has 2 aromatic rings. The molecule has 0 aliphatic rings. The summed E-state index contributed by atoms with van der Waals surface area (Å²) >= 11 is 0. The Bertz CT molecular complexity index is 775. The molecule has 0 aliphatic carbocycles. The highest BCUT2D eigenvalue weighted by Crippen LogP contribution is 2.12. The van der Waals surface area contributed by atoms with E-state index in [4.69, 9.17) is 4.74 Å². The van der Waals surface area contributed by atoms with Crippen LogP contribution in [0.5, 0.6) is 0 Å². The summed E-state index contributed by atoms with van der Waals surface area (Å²) in [7, 11) is 0. The third-order valence-electron chi connectivity index (χ3n) is 3.43. The molecule has 1 N–H and O–H groups in total. The molecule has 2 rings (SSSR count). The van der Waals surface area contributed by atoms with E-state index >= 15 is 0 Å². The Kier molecular flexibility index (Phi) is 5.63. The Balaban J connectivity index is 1.85. The lowest BCUT2D eigenvalue weighted by atomic mass is 10.1. The summed E-state index contributed by atoms with van der Waals surface area (Å²) in [6.45, 7) is 3.09. The first-order valence-corrected chi connectivity index (χ1v) is 7.32. The van der Waals surface area contributed by atoms with E-state index in [1.165, 1.54) is 6.07 Å². The maximum Gasteiger partial charge on any atom is 0.338 e. The number of rotatable bonds is 5. The van der Waals surface area contributed by atoms with E-state index in [1.54, 1.807) is 19.1 Å². The van der Waals surface area contributed by atoms with Crippen LogP contribution in [0.3, 0.4) is 0 Å². The van der Waals surface area contributed by atoms with Gasteiger partial charge in [-0.3, -0.25) is 4.79 Å². The van der Waals surface area contributed by atoms with Crippen molar-refractivity contribution in [2.45, 2.75) is 20.4 Å². The molecule has 0 radical (unpaired) electrons. The van der Waals surface area contributed by atoms with Gasteiger partial charge < -0.3 is 10.1 Å². The Morgan fingerprint density at radius 1 is 1.08 bits per heavy atom. The van der Waals surface area contributed by atoms with E-state index in [0.717, 1.165) is 23.3 Å². The van der Waals surface area contributed by atoms with Crippen LogP contribution >= 0.6 is 0 Å². The highest BCUT2D eigenvalue weighted by atomic mass is 19.1. The van der Waals surface area contributed by atoms with Crippen molar-refractivity contribution >= 4 is 11.9 Å². The van der Waals surface area contributed by atoms with Gasteiger partial charge in [0.1, 0.15) is 11.6 Å². The van der Waals surface area contributed by atoms with Crippen LogP contribution in [-0.2, 0) is 16.1 Å². The maximum absolute atomic E-state index is 13.4. The quantitative estimate of drug-likeness (QED) is 0.856. The molecule has 6 heteroatoms. The molecule has 2 aromatic carbocycles. The van der Waals surface area contributed by atoms with Crippen LogP contribution < -0.4 is 5.32 Å². The smallest absolute Gasteiger partial charge is 0.338 e. The predicted molar refractivity (Wildman–Crippen MR) is 84.4 cm³/mol. The van der Waals surface area contributed by atoms with Gasteiger partial charge in [-0.05, 0) is 31.5 Å². The standard InChI is InChI=1S/C18H17F2NO3/c1-11-3-6-15(12(2)7-11)18(23)24-10-17(22)21-9-13-4-5-14(19)8-16(13)20/h3-8H,9-10H2,1-2H3,(H,21,22). The minimum absolute atomic E-state index is 0.119. The summed E-state index contributed by atoms with van der Waals surface area (Å²) in [5.74, 6) is -2.61. The van der Waals surface area contributed by atoms with E-state index in [-0.39, 0.29) is 12.1 Å². The molecule has 0 saturated heterocycles. The third-order valence-corrected chi connectivity index (χ3v) is 3.43. The molecule has 0 atom stereocenters. The molecule has 1 amide bonds. The molecule has 24 heavy (non-hydrogen) atoms. The highest BCUT2D eigenvalue weighted by molar-refractivity contribution is 5.92. The van der Waals surface area contributed by atoms with Gasteiger partial charge in [-0.25, -0.2) is 13.6 Å². The molecular weight excluding hydrogens is 316 g/mol. The highest BCUT2D eigenvalue weighted by Gasteiger charge is 2.13. The van der Waals surface area contributed by atoms with Crippen molar-refractivity contribution in [1.82, 2.24) is 5.32 Å². The van der Waals surface area contributed by atoms with Gasteiger partial charge in [0.2, 0.25) is 0 Å². The van der Waals surface area contributed by atoms with Gasteiger partial charge in [-0.15, -0.1) is 0 Å². The first kappa shape index (κ1) is 17.6. The fourth-order valence-corrected chi connectivity index (χ4v) is 2.16. The molecule has 0 bridgehead atoms. The van der Waals surface area contributed by atoms with E-state index < -0.39 is 30.1 Å². The number of ether oxygens (including phenoxy) is 1. The monoisotopic (exact) mass is 333 g/mol. The lowest BCUT2D eigenvalue weighted by Gasteiger charge is -2.09. The molecule has 4 nitrogen and oxygen atoms in total. The van der Waals surface area contributed by atoms with Crippen LogP contribution in [0.4, 0.5) is 8.78 Å². The molecule has 0 aromatic heterocycles. The van der Waals surface area contributed by atoms with Crippen molar-refractivity contribution in [2.75, 3.05) is 6.61 Å². The molecule has 0 spiro atoms. The zero-order valence-electron chi connectivity index (χ0n) is 13.4. The zero-order valence-corrected chi connectivity index (χ0v) is 13.4. The normalized spacial score (nSPS) is 10.3. The summed E-state index contributed by atoms with van der Waals surface area (Å²) in [4.78, 5) is 23.6. The molecule has 126 valence electrons. The maximum atomic E-state index is 13.4. The van der Waals surface area contributed by atoms with Crippen molar-refractivity contribution in [3.8, 4) is 0 Å². The first-order valence-electron chi connectivity index (χ1n) is 7.32. The third kappa shape index (κ3) is 4.62. The molecule has 0 saturated carbocycles. The summed E-state index contributed by atoms with van der Waals surface area (Å²) in [5, 5.41) is 2.41. The SMILES string of the molecule is Cc1ccc(C(=O)OCC(=O)NCc2ccc(F)cc2F)c(C)c1. The van der Waals surface area contributed by atoms with Crippen LogP contribution in [0.15, 0.2) is 36.4 Å². The van der Waals surface area contributed by atoms with Crippen LogP contribution in [-0.4, -0.2) is 18.5 Å².